The maximum Gasteiger partial charge on any atom is 0.253 e. The summed E-state index contributed by atoms with van der Waals surface area (Å²) in [6.45, 7) is 6.34. The maximum absolute atomic E-state index is 13.8. The molecule has 1 rings (SSSR count). The van der Waals surface area contributed by atoms with Crippen molar-refractivity contribution in [2.75, 3.05) is 31.6 Å². The van der Waals surface area contributed by atoms with Crippen LogP contribution < -0.4 is 10.6 Å². The number of rotatable bonds is 9. The van der Waals surface area contributed by atoms with Gasteiger partial charge in [-0.05, 0) is 31.9 Å². The smallest absolute Gasteiger partial charge is 0.253 e. The molecule has 0 heterocycles. The molecule has 1 aromatic rings. The fraction of sp³-hybridized carbons (Fsp3) is 0.533. The van der Waals surface area contributed by atoms with Gasteiger partial charge in [0.1, 0.15) is 5.82 Å². The summed E-state index contributed by atoms with van der Waals surface area (Å²) in [7, 11) is 0. The zero-order chi connectivity index (χ0) is 14.8. The molecule has 0 bridgehead atoms. The third-order valence-corrected chi connectivity index (χ3v) is 2.77. The number of carbonyl (C=O) groups is 1. The van der Waals surface area contributed by atoms with E-state index >= 15 is 0 Å². The highest BCUT2D eigenvalue weighted by Gasteiger charge is 2.14. The number of halogens is 1. The molecule has 20 heavy (non-hydrogen) atoms. The molecule has 0 aliphatic heterocycles. The number of para-hydroxylation sites is 1. The predicted molar refractivity (Wildman–Crippen MR) is 78.6 cm³/mol. The fourth-order valence-corrected chi connectivity index (χ4v) is 1.76. The minimum atomic E-state index is -0.402. The summed E-state index contributed by atoms with van der Waals surface area (Å²) in [5, 5.41) is 5.74. The average molecular weight is 282 g/mol. The van der Waals surface area contributed by atoms with Crippen molar-refractivity contribution in [2.45, 2.75) is 26.7 Å². The van der Waals surface area contributed by atoms with Crippen LogP contribution in [0.5, 0.6) is 0 Å². The summed E-state index contributed by atoms with van der Waals surface area (Å²) in [6.07, 6.45) is 1.61. The van der Waals surface area contributed by atoms with E-state index < -0.39 is 5.82 Å². The summed E-state index contributed by atoms with van der Waals surface area (Å²) < 4.78 is 19.0. The van der Waals surface area contributed by atoms with Gasteiger partial charge in [-0.3, -0.25) is 4.79 Å². The molecule has 4 nitrogen and oxygen atoms in total. The van der Waals surface area contributed by atoms with Crippen molar-refractivity contribution >= 4 is 11.6 Å². The lowest BCUT2D eigenvalue weighted by Gasteiger charge is -2.12. The highest BCUT2D eigenvalue weighted by Crippen LogP contribution is 2.19. The molecule has 0 aromatic heterocycles. The first-order valence-electron chi connectivity index (χ1n) is 7.09. The van der Waals surface area contributed by atoms with Crippen molar-refractivity contribution in [2.24, 2.45) is 0 Å². The molecule has 2 N–H and O–H groups in total. The zero-order valence-corrected chi connectivity index (χ0v) is 12.2. The lowest BCUT2D eigenvalue weighted by Crippen LogP contribution is -2.26. The molecular weight excluding hydrogens is 259 g/mol. The van der Waals surface area contributed by atoms with Crippen LogP contribution in [0.15, 0.2) is 18.2 Å². The van der Waals surface area contributed by atoms with Gasteiger partial charge in [-0.15, -0.1) is 0 Å². The summed E-state index contributed by atoms with van der Waals surface area (Å²) in [6, 6.07) is 4.52. The number of hydrogen-bond donors (Lipinski definition) is 2. The van der Waals surface area contributed by atoms with Crippen molar-refractivity contribution < 1.29 is 13.9 Å². The Hall–Kier alpha value is -1.62. The Balaban J connectivity index is 2.60. The van der Waals surface area contributed by atoms with Gasteiger partial charge in [0.2, 0.25) is 0 Å². The van der Waals surface area contributed by atoms with Crippen LogP contribution >= 0.6 is 0 Å². The van der Waals surface area contributed by atoms with E-state index in [1.54, 1.807) is 12.1 Å². The molecular formula is C15H23FN2O2. The second-order valence-electron chi connectivity index (χ2n) is 4.40. The van der Waals surface area contributed by atoms with Crippen molar-refractivity contribution in [1.29, 1.82) is 0 Å². The molecule has 0 unspecified atom stereocenters. The molecule has 0 spiro atoms. The van der Waals surface area contributed by atoms with E-state index in [9.17, 15) is 9.18 Å². The summed E-state index contributed by atoms with van der Waals surface area (Å²) in [5.74, 6) is -0.667. The molecule has 0 radical (unpaired) electrons. The lowest BCUT2D eigenvalue weighted by molar-refractivity contribution is 0.0944. The van der Waals surface area contributed by atoms with E-state index in [4.69, 9.17) is 4.74 Å². The third kappa shape index (κ3) is 5.17. The van der Waals surface area contributed by atoms with Crippen molar-refractivity contribution in [3.05, 3.63) is 29.6 Å². The number of hydrogen-bond acceptors (Lipinski definition) is 3. The molecule has 5 heteroatoms. The SMILES string of the molecule is CCCNc1c(F)cccc1C(=O)NCCCOCC. The van der Waals surface area contributed by atoms with Crippen LogP contribution in [0.2, 0.25) is 0 Å². The summed E-state index contributed by atoms with van der Waals surface area (Å²) in [4.78, 5) is 12.1. The average Bonchev–Trinajstić information content (AvgIpc) is 2.45. The lowest BCUT2D eigenvalue weighted by atomic mass is 10.1. The Bertz CT molecular complexity index is 424. The normalized spacial score (nSPS) is 10.3. The van der Waals surface area contributed by atoms with Gasteiger partial charge < -0.3 is 15.4 Å². The Morgan fingerprint density at radius 3 is 2.80 bits per heavy atom. The minimum absolute atomic E-state index is 0.264. The molecule has 1 aromatic carbocycles. The first-order valence-corrected chi connectivity index (χ1v) is 7.09. The molecule has 0 atom stereocenters. The molecule has 0 fully saturated rings. The number of ether oxygens (including phenoxy) is 1. The molecule has 0 aliphatic rings. The van der Waals surface area contributed by atoms with Gasteiger partial charge in [-0.25, -0.2) is 4.39 Å². The first-order chi connectivity index (χ1) is 9.70. The van der Waals surface area contributed by atoms with E-state index in [1.165, 1.54) is 6.07 Å². The standard InChI is InChI=1S/C15H23FN2O2/c1-3-9-17-14-12(7-5-8-13(14)16)15(19)18-10-6-11-20-4-2/h5,7-8,17H,3-4,6,9-11H2,1-2H3,(H,18,19). The van der Waals surface area contributed by atoms with Crippen LogP contribution in [-0.2, 0) is 4.74 Å². The predicted octanol–water partition coefficient (Wildman–Crippen LogP) is 2.80. The highest BCUT2D eigenvalue weighted by atomic mass is 19.1. The van der Waals surface area contributed by atoms with Gasteiger partial charge in [0.15, 0.2) is 0 Å². The topological polar surface area (TPSA) is 50.4 Å². The Kier molecular flexibility index (Phi) is 7.65. The van der Waals surface area contributed by atoms with Gasteiger partial charge in [-0.2, -0.15) is 0 Å². The van der Waals surface area contributed by atoms with Gasteiger partial charge in [0, 0.05) is 26.3 Å². The van der Waals surface area contributed by atoms with Crippen LogP contribution in [0, 0.1) is 5.82 Å². The second kappa shape index (κ2) is 9.31. The maximum atomic E-state index is 13.8. The Morgan fingerprint density at radius 1 is 1.30 bits per heavy atom. The van der Waals surface area contributed by atoms with Crippen LogP contribution in [0.4, 0.5) is 10.1 Å². The molecule has 1 amide bonds. The van der Waals surface area contributed by atoms with Crippen molar-refractivity contribution in [1.82, 2.24) is 5.32 Å². The van der Waals surface area contributed by atoms with Crippen LogP contribution in [0.25, 0.3) is 0 Å². The van der Waals surface area contributed by atoms with Crippen LogP contribution in [-0.4, -0.2) is 32.2 Å². The summed E-state index contributed by atoms with van der Waals surface area (Å²) in [5.41, 5.74) is 0.617. The largest absolute Gasteiger partial charge is 0.382 e. The highest BCUT2D eigenvalue weighted by molar-refractivity contribution is 5.99. The Morgan fingerprint density at radius 2 is 2.10 bits per heavy atom. The van der Waals surface area contributed by atoms with Gasteiger partial charge in [-0.1, -0.05) is 13.0 Å². The van der Waals surface area contributed by atoms with E-state index in [2.05, 4.69) is 10.6 Å². The van der Waals surface area contributed by atoms with E-state index in [1.807, 2.05) is 13.8 Å². The van der Waals surface area contributed by atoms with E-state index in [-0.39, 0.29) is 11.6 Å². The van der Waals surface area contributed by atoms with Gasteiger partial charge >= 0.3 is 0 Å². The van der Waals surface area contributed by atoms with Crippen LogP contribution in [0.1, 0.15) is 37.0 Å². The first kappa shape index (κ1) is 16.4. The third-order valence-electron chi connectivity index (χ3n) is 2.77. The Labute approximate surface area is 119 Å². The number of benzene rings is 1. The van der Waals surface area contributed by atoms with E-state index in [0.717, 1.165) is 12.8 Å². The number of amides is 1. The number of anilines is 1. The fourth-order valence-electron chi connectivity index (χ4n) is 1.76. The summed E-state index contributed by atoms with van der Waals surface area (Å²) >= 11 is 0. The quantitative estimate of drug-likeness (QED) is 0.685. The van der Waals surface area contributed by atoms with E-state index in [0.29, 0.717) is 31.9 Å². The van der Waals surface area contributed by atoms with Gasteiger partial charge in [0.25, 0.3) is 5.91 Å². The van der Waals surface area contributed by atoms with Crippen molar-refractivity contribution in [3.63, 3.8) is 0 Å². The van der Waals surface area contributed by atoms with Crippen molar-refractivity contribution in [3.8, 4) is 0 Å². The second-order valence-corrected chi connectivity index (χ2v) is 4.40. The van der Waals surface area contributed by atoms with Gasteiger partial charge in [0.05, 0.1) is 11.3 Å². The number of nitrogens with one attached hydrogen (secondary N) is 2. The molecule has 112 valence electrons. The zero-order valence-electron chi connectivity index (χ0n) is 12.2. The minimum Gasteiger partial charge on any atom is -0.382 e. The molecule has 0 aliphatic carbocycles. The number of carbonyl (C=O) groups excluding carboxylic acids is 1. The molecule has 0 saturated heterocycles. The van der Waals surface area contributed by atoms with Crippen LogP contribution in [0.3, 0.4) is 0 Å². The molecule has 0 saturated carbocycles. The monoisotopic (exact) mass is 282 g/mol.